The van der Waals surface area contributed by atoms with E-state index in [9.17, 15) is 9.59 Å². The Morgan fingerprint density at radius 2 is 2.00 bits per heavy atom. The fourth-order valence-corrected chi connectivity index (χ4v) is 3.15. The number of esters is 2. The first-order chi connectivity index (χ1) is 13.5. The molecule has 0 saturated carbocycles. The SMILES string of the molecule is CCOC(=O)/C(=C(/SC)C(=C=N)C(=O)OC)[n+]1cnn(Cc2ccccc2)c1. The molecule has 0 aliphatic rings. The number of nitrogens with one attached hydrogen (secondary N) is 1. The van der Waals surface area contributed by atoms with E-state index in [-0.39, 0.29) is 22.8 Å². The van der Waals surface area contributed by atoms with E-state index in [1.54, 1.807) is 24.2 Å². The zero-order valence-corrected chi connectivity index (χ0v) is 16.7. The highest BCUT2D eigenvalue weighted by molar-refractivity contribution is 8.02. The van der Waals surface area contributed by atoms with E-state index in [2.05, 4.69) is 11.0 Å². The molecular weight excluding hydrogens is 380 g/mol. The van der Waals surface area contributed by atoms with Gasteiger partial charge in [0.25, 0.3) is 6.33 Å². The lowest BCUT2D eigenvalue weighted by Crippen LogP contribution is -2.37. The summed E-state index contributed by atoms with van der Waals surface area (Å²) in [5.41, 5.74) is 0.939. The fourth-order valence-electron chi connectivity index (χ4n) is 2.43. The Morgan fingerprint density at radius 1 is 1.29 bits per heavy atom. The number of aromatic nitrogens is 3. The lowest BCUT2D eigenvalue weighted by molar-refractivity contribution is -0.579. The van der Waals surface area contributed by atoms with Crippen molar-refractivity contribution in [1.29, 1.82) is 5.41 Å². The fraction of sp³-hybridized carbons (Fsp3) is 0.263. The maximum Gasteiger partial charge on any atom is 0.372 e. The van der Waals surface area contributed by atoms with Crippen LogP contribution in [0.15, 0.2) is 53.5 Å². The predicted octanol–water partition coefficient (Wildman–Crippen LogP) is 1.66. The largest absolute Gasteiger partial charge is 0.465 e. The van der Waals surface area contributed by atoms with Crippen molar-refractivity contribution in [3.8, 4) is 0 Å². The van der Waals surface area contributed by atoms with Crippen LogP contribution in [0.4, 0.5) is 0 Å². The molecule has 1 heterocycles. The maximum absolute atomic E-state index is 12.6. The molecule has 0 aliphatic carbocycles. The molecule has 0 bridgehead atoms. The minimum atomic E-state index is -0.765. The number of methoxy groups -OCH3 is 1. The summed E-state index contributed by atoms with van der Waals surface area (Å²) >= 11 is 1.12. The van der Waals surface area contributed by atoms with E-state index in [1.807, 2.05) is 30.3 Å². The Labute approximate surface area is 167 Å². The summed E-state index contributed by atoms with van der Waals surface area (Å²) in [5.74, 6) is 0.652. The van der Waals surface area contributed by atoms with E-state index in [1.165, 1.54) is 18.0 Å². The summed E-state index contributed by atoms with van der Waals surface area (Å²) < 4.78 is 13.0. The summed E-state index contributed by atoms with van der Waals surface area (Å²) in [6.45, 7) is 2.35. The molecule has 0 fully saturated rings. The van der Waals surface area contributed by atoms with Crippen molar-refractivity contribution < 1.29 is 23.6 Å². The Balaban J connectivity index is 2.53. The van der Waals surface area contributed by atoms with E-state index < -0.39 is 11.9 Å². The van der Waals surface area contributed by atoms with Crippen molar-refractivity contribution in [2.45, 2.75) is 13.5 Å². The van der Waals surface area contributed by atoms with Gasteiger partial charge in [0, 0.05) is 5.10 Å². The average molecular weight is 401 g/mol. The molecule has 8 nitrogen and oxygen atoms in total. The van der Waals surface area contributed by atoms with Gasteiger partial charge in [-0.3, -0.25) is 5.41 Å². The zero-order valence-electron chi connectivity index (χ0n) is 15.8. The molecule has 0 unspecified atom stereocenters. The first-order valence-electron chi connectivity index (χ1n) is 8.37. The number of thioether (sulfide) groups is 1. The Bertz CT molecular complexity index is 930. The minimum absolute atomic E-state index is 0.0637. The van der Waals surface area contributed by atoms with Crippen molar-refractivity contribution in [1.82, 2.24) is 9.78 Å². The molecule has 0 aliphatic heterocycles. The van der Waals surface area contributed by atoms with Crippen LogP contribution in [0.3, 0.4) is 0 Å². The van der Waals surface area contributed by atoms with Gasteiger partial charge < -0.3 is 9.47 Å². The monoisotopic (exact) mass is 401 g/mol. The van der Waals surface area contributed by atoms with Crippen LogP contribution in [0, 0.1) is 5.41 Å². The number of benzene rings is 1. The molecule has 0 amide bonds. The van der Waals surface area contributed by atoms with Gasteiger partial charge in [-0.05, 0) is 24.6 Å². The van der Waals surface area contributed by atoms with Gasteiger partial charge >= 0.3 is 11.9 Å². The molecule has 1 aromatic carbocycles. The molecule has 0 spiro atoms. The van der Waals surface area contributed by atoms with Gasteiger partial charge in [-0.1, -0.05) is 30.3 Å². The topological polar surface area (TPSA) is 98.2 Å². The van der Waals surface area contributed by atoms with Gasteiger partial charge in [0.15, 0.2) is 0 Å². The van der Waals surface area contributed by atoms with Crippen molar-refractivity contribution >= 4 is 35.3 Å². The molecule has 0 atom stereocenters. The third kappa shape index (κ3) is 4.97. The Hall–Kier alpha value is -3.16. The molecule has 9 heteroatoms. The molecule has 1 N–H and O–H groups in total. The van der Waals surface area contributed by atoms with Crippen LogP contribution in [0.2, 0.25) is 0 Å². The van der Waals surface area contributed by atoms with Gasteiger partial charge in [0.05, 0.1) is 18.6 Å². The van der Waals surface area contributed by atoms with Gasteiger partial charge in [0.2, 0.25) is 12.0 Å². The third-order valence-corrected chi connectivity index (χ3v) is 4.46. The van der Waals surface area contributed by atoms with E-state index in [0.29, 0.717) is 6.54 Å². The number of ether oxygens (including phenoxy) is 2. The quantitative estimate of drug-likeness (QED) is 0.238. The van der Waals surface area contributed by atoms with Gasteiger partial charge in [-0.2, -0.15) is 4.57 Å². The summed E-state index contributed by atoms with van der Waals surface area (Å²) in [6, 6.07) is 9.72. The lowest BCUT2D eigenvalue weighted by Gasteiger charge is -2.10. The van der Waals surface area contributed by atoms with Crippen LogP contribution >= 0.6 is 11.8 Å². The van der Waals surface area contributed by atoms with Crippen molar-refractivity contribution in [2.24, 2.45) is 0 Å². The first-order valence-corrected chi connectivity index (χ1v) is 9.59. The summed E-state index contributed by atoms with van der Waals surface area (Å²) in [4.78, 5) is 24.9. The van der Waals surface area contributed by atoms with Crippen molar-refractivity contribution in [2.75, 3.05) is 20.0 Å². The summed E-state index contributed by atoms with van der Waals surface area (Å²) in [5, 5.41) is 11.7. The molecule has 1 aromatic heterocycles. The highest BCUT2D eigenvalue weighted by atomic mass is 32.2. The summed E-state index contributed by atoms with van der Waals surface area (Å²) in [7, 11) is 1.20. The van der Waals surface area contributed by atoms with Crippen molar-refractivity contribution in [3.05, 3.63) is 59.0 Å². The zero-order chi connectivity index (χ0) is 20.5. The molecule has 146 valence electrons. The number of carbonyl (C=O) groups is 2. The highest BCUT2D eigenvalue weighted by Crippen LogP contribution is 2.26. The second-order valence-corrected chi connectivity index (χ2v) is 6.25. The standard InChI is InChI=1S/C19H21N4O4S/c1-4-27-19(25)16(17(28-3)15(10-20)18(24)26-2)22-12-21-23(13-22)11-14-8-6-5-7-9-14/h5-9,12-13,20H,4,11H2,1-3H3/q+1/b17-16-. The minimum Gasteiger partial charge on any atom is -0.465 e. The number of hydrogen-bond acceptors (Lipinski definition) is 7. The van der Waals surface area contributed by atoms with E-state index in [0.717, 1.165) is 17.3 Å². The van der Waals surface area contributed by atoms with Crippen LogP contribution in [0.5, 0.6) is 0 Å². The predicted molar refractivity (Wildman–Crippen MR) is 105 cm³/mol. The van der Waals surface area contributed by atoms with E-state index >= 15 is 0 Å². The second-order valence-electron chi connectivity index (χ2n) is 5.43. The van der Waals surface area contributed by atoms with Crippen LogP contribution in [0.1, 0.15) is 12.5 Å². The van der Waals surface area contributed by atoms with Gasteiger partial charge in [-0.15, -0.1) is 16.4 Å². The molecule has 2 rings (SSSR count). The average Bonchev–Trinajstić information content (AvgIpc) is 3.16. The van der Waals surface area contributed by atoms with Crippen LogP contribution < -0.4 is 4.57 Å². The third-order valence-electron chi connectivity index (χ3n) is 3.66. The Morgan fingerprint density at radius 3 is 2.57 bits per heavy atom. The van der Waals surface area contributed by atoms with Crippen LogP contribution in [-0.4, -0.2) is 47.6 Å². The van der Waals surface area contributed by atoms with E-state index in [4.69, 9.17) is 14.9 Å². The number of rotatable bonds is 8. The van der Waals surface area contributed by atoms with Gasteiger partial charge in [0.1, 0.15) is 12.1 Å². The lowest BCUT2D eigenvalue weighted by atomic mass is 10.2. The van der Waals surface area contributed by atoms with Crippen molar-refractivity contribution in [3.63, 3.8) is 0 Å². The first kappa shape index (κ1) is 21.1. The second kappa shape index (κ2) is 10.2. The molecule has 2 aromatic rings. The number of nitrogens with zero attached hydrogens (tertiary/aromatic N) is 3. The molecule has 0 radical (unpaired) electrons. The normalized spacial score (nSPS) is 11.2. The van der Waals surface area contributed by atoms with Crippen LogP contribution in [0.25, 0.3) is 5.70 Å². The molecule has 0 saturated heterocycles. The smallest absolute Gasteiger partial charge is 0.372 e. The van der Waals surface area contributed by atoms with Gasteiger partial charge in [-0.25, -0.2) is 9.59 Å². The molecular formula is C19H21N4O4S+. The maximum atomic E-state index is 12.6. The highest BCUT2D eigenvalue weighted by Gasteiger charge is 2.29. The number of hydrogen-bond donors (Lipinski definition) is 1. The van der Waals surface area contributed by atoms with Crippen LogP contribution in [-0.2, 0) is 25.6 Å². The Kier molecular flexibility index (Phi) is 7.74. The summed E-state index contributed by atoms with van der Waals surface area (Å²) in [6.07, 6.45) is 4.75. The molecule has 28 heavy (non-hydrogen) atoms. The number of carbonyl (C=O) groups excluding carboxylic acids is 2.